The molecule has 0 aliphatic rings. The number of rotatable bonds is 2. The van der Waals surface area contributed by atoms with Gasteiger partial charge in [0.05, 0.1) is 15.6 Å². The molecule has 0 radical (unpaired) electrons. The quantitative estimate of drug-likeness (QED) is 0.404. The molecule has 21 heavy (non-hydrogen) atoms. The number of aldehydes is 1. The van der Waals surface area contributed by atoms with Gasteiger partial charge in [-0.15, -0.1) is 0 Å². The van der Waals surface area contributed by atoms with Crippen molar-refractivity contribution in [2.45, 2.75) is 0 Å². The maximum atomic E-state index is 10.4. The minimum absolute atomic E-state index is 0.263. The zero-order valence-electron chi connectivity index (χ0n) is 10.3. The van der Waals surface area contributed by atoms with E-state index >= 15 is 0 Å². The number of carboxylic acids is 1. The summed E-state index contributed by atoms with van der Waals surface area (Å²) >= 11 is 15.5. The molecule has 0 aromatic heterocycles. The lowest BCUT2D eigenvalue weighted by Gasteiger charge is -1.96. The van der Waals surface area contributed by atoms with Gasteiger partial charge >= 0.3 is 5.97 Å². The fourth-order valence-electron chi connectivity index (χ4n) is 1.21. The van der Waals surface area contributed by atoms with E-state index in [-0.39, 0.29) is 5.56 Å². The van der Waals surface area contributed by atoms with E-state index in [1.807, 2.05) is 22.6 Å². The summed E-state index contributed by atoms with van der Waals surface area (Å²) in [5, 5.41) is 9.82. The van der Waals surface area contributed by atoms with Crippen LogP contribution in [0.4, 0.5) is 0 Å². The summed E-state index contributed by atoms with van der Waals surface area (Å²) in [6.45, 7) is 0. The highest BCUT2D eigenvalue weighted by molar-refractivity contribution is 14.1. The molecule has 0 spiro atoms. The summed E-state index contributed by atoms with van der Waals surface area (Å²) in [4.78, 5) is 20.6. The van der Waals surface area contributed by atoms with E-state index in [4.69, 9.17) is 28.3 Å². The molecule has 0 fully saturated rings. The molecule has 110 valence electrons. The number of benzene rings is 2. The molecular weight excluding hydrogens is 541 g/mol. The number of hydrogen-bond donors (Lipinski definition) is 1. The van der Waals surface area contributed by atoms with Crippen LogP contribution in [0.1, 0.15) is 20.7 Å². The Morgan fingerprint density at radius 1 is 1.00 bits per heavy atom. The number of aromatic carboxylic acids is 1. The fourth-order valence-corrected chi connectivity index (χ4v) is 2.50. The van der Waals surface area contributed by atoms with Crippen LogP contribution < -0.4 is 0 Å². The van der Waals surface area contributed by atoms with Crippen molar-refractivity contribution in [3.05, 3.63) is 64.7 Å². The predicted octanol–water partition coefficient (Wildman–Crippen LogP) is 5.40. The third-order valence-electron chi connectivity index (χ3n) is 2.25. The zero-order chi connectivity index (χ0) is 16.0. The van der Waals surface area contributed by atoms with Gasteiger partial charge < -0.3 is 5.11 Å². The second-order valence-electron chi connectivity index (χ2n) is 3.73. The summed E-state index contributed by atoms with van der Waals surface area (Å²) in [6.07, 6.45) is 0.804. The first-order chi connectivity index (χ1) is 9.85. The first-order valence-corrected chi connectivity index (χ1v) is 8.35. The monoisotopic (exact) mass is 548 g/mol. The third kappa shape index (κ3) is 6.09. The van der Waals surface area contributed by atoms with Crippen LogP contribution in [0, 0.1) is 7.14 Å². The highest BCUT2D eigenvalue weighted by atomic mass is 127. The molecule has 2 aromatic rings. The number of carboxylic acid groups (broad SMARTS) is 1. The van der Waals surface area contributed by atoms with Crippen molar-refractivity contribution in [2.75, 3.05) is 0 Å². The van der Waals surface area contributed by atoms with Crippen LogP contribution in [0.2, 0.25) is 10.0 Å². The second kappa shape index (κ2) is 8.92. The van der Waals surface area contributed by atoms with Gasteiger partial charge in [0.2, 0.25) is 0 Å². The summed E-state index contributed by atoms with van der Waals surface area (Å²) < 4.78 is 1.66. The van der Waals surface area contributed by atoms with Crippen LogP contribution in [-0.2, 0) is 0 Å². The molecule has 0 heterocycles. The molecule has 2 aromatic carbocycles. The summed E-state index contributed by atoms with van der Waals surface area (Å²) in [5.41, 5.74) is 0.924. The van der Waals surface area contributed by atoms with E-state index in [2.05, 4.69) is 22.6 Å². The molecule has 2 rings (SSSR count). The van der Waals surface area contributed by atoms with Crippen molar-refractivity contribution in [3.8, 4) is 0 Å². The molecular formula is C14H8Cl2I2O3. The predicted molar refractivity (Wildman–Crippen MR) is 101 cm³/mol. The molecule has 3 nitrogen and oxygen atoms in total. The number of halogens is 4. The van der Waals surface area contributed by atoms with Crippen LogP contribution in [0.25, 0.3) is 0 Å². The van der Waals surface area contributed by atoms with Gasteiger partial charge in [-0.05, 0) is 75.5 Å². The van der Waals surface area contributed by atoms with Gasteiger partial charge in [-0.1, -0.05) is 29.3 Å². The van der Waals surface area contributed by atoms with Crippen molar-refractivity contribution < 1.29 is 14.7 Å². The van der Waals surface area contributed by atoms with Gasteiger partial charge in [-0.3, -0.25) is 4.79 Å². The van der Waals surface area contributed by atoms with E-state index < -0.39 is 5.97 Å². The standard InChI is InChI=1S/C7H4ClIO2.C7H4ClIO/c8-5-2-1-4(7(10)11)3-6(5)9;8-6-2-1-5(4-10)3-7(6)9/h1-3H,(H,10,11);1-4H. The number of carbonyl (C=O) groups is 2. The van der Waals surface area contributed by atoms with Gasteiger partial charge in [0.15, 0.2) is 0 Å². The molecule has 0 bridgehead atoms. The Hall–Kier alpha value is -0.380. The summed E-state index contributed by atoms with van der Waals surface area (Å²) in [7, 11) is 0. The van der Waals surface area contributed by atoms with Gasteiger partial charge in [0.25, 0.3) is 0 Å². The van der Waals surface area contributed by atoms with Gasteiger partial charge in [0, 0.05) is 12.7 Å². The Labute approximate surface area is 158 Å². The number of carbonyl (C=O) groups excluding carboxylic acids is 1. The molecule has 0 unspecified atom stereocenters. The Morgan fingerprint density at radius 3 is 1.95 bits per heavy atom. The number of hydrogen-bond acceptors (Lipinski definition) is 2. The topological polar surface area (TPSA) is 54.4 Å². The Bertz CT molecular complexity index is 675. The average Bonchev–Trinajstić information content (AvgIpc) is 2.45. The normalized spacial score (nSPS) is 9.52. The highest BCUT2D eigenvalue weighted by Gasteiger charge is 2.04. The van der Waals surface area contributed by atoms with E-state index in [0.29, 0.717) is 15.6 Å². The minimum Gasteiger partial charge on any atom is -0.478 e. The zero-order valence-corrected chi connectivity index (χ0v) is 16.1. The lowest BCUT2D eigenvalue weighted by atomic mass is 10.2. The average molecular weight is 549 g/mol. The lowest BCUT2D eigenvalue weighted by Crippen LogP contribution is -1.95. The maximum Gasteiger partial charge on any atom is 0.335 e. The van der Waals surface area contributed by atoms with E-state index in [9.17, 15) is 9.59 Å². The molecule has 0 aliphatic heterocycles. The van der Waals surface area contributed by atoms with Crippen molar-refractivity contribution >= 4 is 80.6 Å². The van der Waals surface area contributed by atoms with Gasteiger partial charge in [-0.25, -0.2) is 4.79 Å². The van der Waals surface area contributed by atoms with Crippen molar-refractivity contribution in [1.82, 2.24) is 0 Å². The van der Waals surface area contributed by atoms with E-state index in [1.165, 1.54) is 12.1 Å². The van der Waals surface area contributed by atoms with Crippen molar-refractivity contribution in [3.63, 3.8) is 0 Å². The molecule has 0 saturated heterocycles. The molecule has 0 aliphatic carbocycles. The van der Waals surface area contributed by atoms with Crippen LogP contribution in [0.3, 0.4) is 0 Å². The lowest BCUT2D eigenvalue weighted by molar-refractivity contribution is 0.0696. The molecule has 1 N–H and O–H groups in total. The Kier molecular flexibility index (Phi) is 7.93. The SMILES string of the molecule is O=C(O)c1ccc(Cl)c(I)c1.O=Cc1ccc(Cl)c(I)c1. The summed E-state index contributed by atoms with van der Waals surface area (Å²) in [5.74, 6) is -0.931. The molecule has 0 saturated carbocycles. The first-order valence-electron chi connectivity index (χ1n) is 5.43. The third-order valence-corrected chi connectivity index (χ3v) is 5.33. The van der Waals surface area contributed by atoms with Gasteiger partial charge in [-0.2, -0.15) is 0 Å². The highest BCUT2D eigenvalue weighted by Crippen LogP contribution is 2.19. The van der Waals surface area contributed by atoms with Crippen LogP contribution in [-0.4, -0.2) is 17.4 Å². The Balaban J connectivity index is 0.000000211. The van der Waals surface area contributed by atoms with E-state index in [0.717, 1.165) is 13.4 Å². The second-order valence-corrected chi connectivity index (χ2v) is 6.86. The van der Waals surface area contributed by atoms with Crippen LogP contribution in [0.5, 0.6) is 0 Å². The van der Waals surface area contributed by atoms with Crippen LogP contribution in [0.15, 0.2) is 36.4 Å². The molecule has 0 atom stereocenters. The molecule has 7 heteroatoms. The fraction of sp³-hybridized carbons (Fsp3) is 0. The summed E-state index contributed by atoms with van der Waals surface area (Å²) in [6, 6.07) is 9.74. The minimum atomic E-state index is -0.931. The first kappa shape index (κ1) is 18.7. The van der Waals surface area contributed by atoms with Crippen LogP contribution >= 0.6 is 68.4 Å². The van der Waals surface area contributed by atoms with Crippen molar-refractivity contribution in [2.24, 2.45) is 0 Å². The van der Waals surface area contributed by atoms with E-state index in [1.54, 1.807) is 24.3 Å². The Morgan fingerprint density at radius 2 is 1.52 bits per heavy atom. The maximum absolute atomic E-state index is 10.4. The largest absolute Gasteiger partial charge is 0.478 e. The molecule has 0 amide bonds. The van der Waals surface area contributed by atoms with Gasteiger partial charge in [0.1, 0.15) is 6.29 Å². The smallest absolute Gasteiger partial charge is 0.335 e. The van der Waals surface area contributed by atoms with Crippen molar-refractivity contribution in [1.29, 1.82) is 0 Å².